The number of hydrogen-bond donors (Lipinski definition) is 0. The second-order valence-corrected chi connectivity index (χ2v) is 11.7. The third-order valence-corrected chi connectivity index (χ3v) is 9.38. The van der Waals surface area contributed by atoms with E-state index in [4.69, 9.17) is 20.9 Å². The molecule has 1 heterocycles. The molecule has 37 heavy (non-hydrogen) atoms. The SMILES string of the molecule is CCOC(=O)c1c(P(OCC)c2cc(F)cc(C#N)c2)c2cc(Cl)ccc2n1S(=O)(=O)c1ccccc1. The van der Waals surface area contributed by atoms with Crippen LogP contribution in [-0.2, 0) is 19.3 Å². The highest BCUT2D eigenvalue weighted by Crippen LogP contribution is 2.42. The first kappa shape index (κ1) is 26.8. The lowest BCUT2D eigenvalue weighted by atomic mass is 10.2. The number of carbonyl (C=O) groups is 1. The van der Waals surface area contributed by atoms with Gasteiger partial charge in [0.1, 0.15) is 5.82 Å². The van der Waals surface area contributed by atoms with Crippen molar-refractivity contribution >= 4 is 57.3 Å². The van der Waals surface area contributed by atoms with E-state index >= 15 is 0 Å². The minimum absolute atomic E-state index is 0.0168. The molecule has 3 aromatic carbocycles. The standard InChI is InChI=1S/C26H21ClFN2O5PS/c1-3-34-26(31)24-25(36(35-4-2)20-13-17(16-29)12-19(28)15-20)22-14-18(27)10-11-23(22)30(24)37(32,33)21-8-6-5-7-9-21/h5-15H,3-4H2,1-2H3. The van der Waals surface area contributed by atoms with Crippen molar-refractivity contribution in [2.75, 3.05) is 13.2 Å². The third-order valence-electron chi connectivity index (χ3n) is 5.32. The molecule has 1 unspecified atom stereocenters. The number of aromatic nitrogens is 1. The van der Waals surface area contributed by atoms with Crippen LogP contribution in [0.1, 0.15) is 29.9 Å². The highest BCUT2D eigenvalue weighted by molar-refractivity contribution is 7.90. The Bertz CT molecular complexity index is 1630. The summed E-state index contributed by atoms with van der Waals surface area (Å²) in [6.07, 6.45) is 0. The minimum atomic E-state index is -4.30. The lowest BCUT2D eigenvalue weighted by Gasteiger charge is -2.19. The molecule has 7 nitrogen and oxygen atoms in total. The molecule has 0 radical (unpaired) electrons. The Balaban J connectivity index is 2.17. The van der Waals surface area contributed by atoms with E-state index in [0.29, 0.717) is 10.4 Å². The second kappa shape index (κ2) is 11.0. The Labute approximate surface area is 219 Å². The van der Waals surface area contributed by atoms with E-state index in [9.17, 15) is 22.9 Å². The van der Waals surface area contributed by atoms with Crippen molar-refractivity contribution in [3.8, 4) is 6.07 Å². The molecule has 0 spiro atoms. The molecule has 1 atom stereocenters. The summed E-state index contributed by atoms with van der Waals surface area (Å²) in [6, 6.07) is 17.9. The van der Waals surface area contributed by atoms with E-state index in [-0.39, 0.29) is 45.5 Å². The monoisotopic (exact) mass is 558 g/mol. The Kier molecular flexibility index (Phi) is 7.96. The van der Waals surface area contributed by atoms with Gasteiger partial charge in [-0.15, -0.1) is 0 Å². The van der Waals surface area contributed by atoms with Gasteiger partial charge in [-0.25, -0.2) is 21.6 Å². The molecule has 0 saturated heterocycles. The molecule has 1 aromatic heterocycles. The summed E-state index contributed by atoms with van der Waals surface area (Å²) in [7, 11) is -6.30. The molecular weight excluding hydrogens is 538 g/mol. The van der Waals surface area contributed by atoms with Gasteiger partial charge in [0.15, 0.2) is 5.69 Å². The highest BCUT2D eigenvalue weighted by Gasteiger charge is 2.36. The quantitative estimate of drug-likeness (QED) is 0.220. The maximum Gasteiger partial charge on any atom is 0.356 e. The molecule has 0 fully saturated rings. The first-order chi connectivity index (χ1) is 17.7. The zero-order chi connectivity index (χ0) is 26.7. The van der Waals surface area contributed by atoms with Crippen LogP contribution in [0.5, 0.6) is 0 Å². The zero-order valence-electron chi connectivity index (χ0n) is 19.8. The molecule has 4 aromatic rings. The van der Waals surface area contributed by atoms with E-state index in [2.05, 4.69) is 0 Å². The number of benzene rings is 3. The average Bonchev–Trinajstić information content (AvgIpc) is 3.22. The molecule has 0 amide bonds. The van der Waals surface area contributed by atoms with Crippen molar-refractivity contribution in [3.63, 3.8) is 0 Å². The van der Waals surface area contributed by atoms with Crippen LogP contribution in [0.3, 0.4) is 0 Å². The molecule has 0 aliphatic heterocycles. The largest absolute Gasteiger partial charge is 0.461 e. The molecule has 0 N–H and O–H groups in total. The van der Waals surface area contributed by atoms with Crippen LogP contribution >= 0.6 is 19.7 Å². The topological polar surface area (TPSA) is 98.4 Å². The van der Waals surface area contributed by atoms with Gasteiger partial charge < -0.3 is 9.26 Å². The summed E-state index contributed by atoms with van der Waals surface area (Å²) >= 11 is 6.31. The van der Waals surface area contributed by atoms with Crippen molar-refractivity contribution < 1.29 is 26.9 Å². The number of ether oxygens (including phenoxy) is 1. The van der Waals surface area contributed by atoms with Crippen LogP contribution in [0.2, 0.25) is 5.02 Å². The number of esters is 1. The van der Waals surface area contributed by atoms with Crippen molar-refractivity contribution in [1.82, 2.24) is 3.97 Å². The van der Waals surface area contributed by atoms with E-state index < -0.39 is 30.0 Å². The van der Waals surface area contributed by atoms with Gasteiger partial charge in [-0.05, 0) is 62.4 Å². The van der Waals surface area contributed by atoms with Crippen LogP contribution in [0.4, 0.5) is 4.39 Å². The first-order valence-corrected chi connectivity index (χ1v) is 14.3. The van der Waals surface area contributed by atoms with Crippen molar-refractivity contribution in [2.24, 2.45) is 0 Å². The number of nitriles is 1. The number of hydrogen-bond acceptors (Lipinski definition) is 6. The van der Waals surface area contributed by atoms with E-state index in [1.807, 2.05) is 6.07 Å². The Morgan fingerprint density at radius 3 is 2.46 bits per heavy atom. The number of nitrogens with zero attached hydrogens (tertiary/aromatic N) is 2. The zero-order valence-corrected chi connectivity index (χ0v) is 22.3. The molecule has 0 aliphatic carbocycles. The highest BCUT2D eigenvalue weighted by atomic mass is 35.5. The van der Waals surface area contributed by atoms with Crippen LogP contribution < -0.4 is 10.6 Å². The predicted octanol–water partition coefficient (Wildman–Crippen LogP) is 5.10. The maximum atomic E-state index is 14.5. The van der Waals surface area contributed by atoms with Gasteiger partial charge in [0.2, 0.25) is 0 Å². The van der Waals surface area contributed by atoms with Gasteiger partial charge >= 0.3 is 5.97 Å². The summed E-state index contributed by atoms with van der Waals surface area (Å²) in [5.41, 5.74) is -0.0423. The number of fused-ring (bicyclic) bond motifs is 1. The molecule has 0 bridgehead atoms. The van der Waals surface area contributed by atoms with Crippen LogP contribution in [-0.4, -0.2) is 31.6 Å². The average molecular weight is 559 g/mol. The summed E-state index contributed by atoms with van der Waals surface area (Å²) < 4.78 is 54.6. The van der Waals surface area contributed by atoms with E-state index in [1.165, 1.54) is 42.5 Å². The third kappa shape index (κ3) is 5.11. The fourth-order valence-electron chi connectivity index (χ4n) is 3.90. The normalized spacial score (nSPS) is 12.3. The summed E-state index contributed by atoms with van der Waals surface area (Å²) in [5, 5.41) is 10.5. The lowest BCUT2D eigenvalue weighted by molar-refractivity contribution is 0.0520. The predicted molar refractivity (Wildman–Crippen MR) is 141 cm³/mol. The molecule has 11 heteroatoms. The number of halogens is 2. The fraction of sp³-hybridized carbons (Fsp3) is 0.154. The maximum absolute atomic E-state index is 14.5. The van der Waals surface area contributed by atoms with E-state index in [1.54, 1.807) is 32.0 Å². The van der Waals surface area contributed by atoms with Crippen molar-refractivity contribution in [2.45, 2.75) is 18.7 Å². The van der Waals surface area contributed by atoms with Gasteiger partial charge in [-0.3, -0.25) is 0 Å². The van der Waals surface area contributed by atoms with Crippen LogP contribution in [0, 0.1) is 17.1 Å². The Morgan fingerprint density at radius 2 is 1.81 bits per heavy atom. The molecule has 0 aliphatic rings. The van der Waals surface area contributed by atoms with Gasteiger partial charge in [0.25, 0.3) is 10.0 Å². The summed E-state index contributed by atoms with van der Waals surface area (Å²) in [6.45, 7) is 3.46. The second-order valence-electron chi connectivity index (χ2n) is 7.68. The van der Waals surface area contributed by atoms with Crippen molar-refractivity contribution in [3.05, 3.63) is 88.8 Å². The fourth-order valence-corrected chi connectivity index (χ4v) is 7.75. The number of rotatable bonds is 8. The molecule has 4 rings (SSSR count). The molecular formula is C26H21ClFN2O5PS. The van der Waals surface area contributed by atoms with Crippen LogP contribution in [0.25, 0.3) is 10.9 Å². The van der Waals surface area contributed by atoms with E-state index in [0.717, 1.165) is 10.0 Å². The van der Waals surface area contributed by atoms with Gasteiger partial charge in [0.05, 0.1) is 36.8 Å². The molecule has 190 valence electrons. The molecule has 0 saturated carbocycles. The summed E-state index contributed by atoms with van der Waals surface area (Å²) in [5.74, 6) is -1.56. The Morgan fingerprint density at radius 1 is 1.08 bits per heavy atom. The first-order valence-electron chi connectivity index (χ1n) is 11.2. The van der Waals surface area contributed by atoms with Gasteiger partial charge in [0, 0.05) is 27.6 Å². The van der Waals surface area contributed by atoms with Gasteiger partial charge in [-0.1, -0.05) is 29.8 Å². The smallest absolute Gasteiger partial charge is 0.356 e. The minimum Gasteiger partial charge on any atom is -0.461 e. The Hall–Kier alpha value is -3.28. The van der Waals surface area contributed by atoms with Crippen molar-refractivity contribution in [1.29, 1.82) is 5.26 Å². The van der Waals surface area contributed by atoms with Crippen LogP contribution in [0.15, 0.2) is 71.6 Å². The summed E-state index contributed by atoms with van der Waals surface area (Å²) in [4.78, 5) is 13.4. The lowest BCUT2D eigenvalue weighted by Crippen LogP contribution is -2.27. The van der Waals surface area contributed by atoms with Gasteiger partial charge in [-0.2, -0.15) is 5.26 Å². The number of carbonyl (C=O) groups excluding carboxylic acids is 1.